The Bertz CT molecular complexity index is 138. The van der Waals surface area contributed by atoms with Crippen LogP contribution in [0.4, 0.5) is 0 Å². The van der Waals surface area contributed by atoms with Gasteiger partial charge in [-0.1, -0.05) is 19.8 Å². The largest absolute Gasteiger partial charge is 0.390 e. The predicted molar refractivity (Wildman–Crippen MR) is 40.7 cm³/mol. The van der Waals surface area contributed by atoms with Crippen LogP contribution in [0, 0.1) is 11.8 Å². The summed E-state index contributed by atoms with van der Waals surface area (Å²) in [6.45, 7) is 2.29. The second kappa shape index (κ2) is 1.97. The van der Waals surface area contributed by atoms with Gasteiger partial charge in [0.15, 0.2) is 0 Å². The standard InChI is InChI=1S/C9H16O/c1-7-3-2-4-8(7)9(10)5-6-9/h7-8,10H,2-6H2,1H3. The van der Waals surface area contributed by atoms with Crippen molar-refractivity contribution >= 4 is 0 Å². The predicted octanol–water partition coefficient (Wildman–Crippen LogP) is 1.95. The SMILES string of the molecule is CC1CCCC1C1(O)CC1. The molecule has 2 atom stereocenters. The highest BCUT2D eigenvalue weighted by atomic mass is 16.3. The maximum atomic E-state index is 9.80. The third kappa shape index (κ3) is 0.878. The van der Waals surface area contributed by atoms with Gasteiger partial charge in [-0.05, 0) is 31.1 Å². The van der Waals surface area contributed by atoms with Gasteiger partial charge in [0.1, 0.15) is 0 Å². The van der Waals surface area contributed by atoms with Gasteiger partial charge < -0.3 is 5.11 Å². The Morgan fingerprint density at radius 3 is 2.40 bits per heavy atom. The van der Waals surface area contributed by atoms with Crippen molar-refractivity contribution in [3.05, 3.63) is 0 Å². The lowest BCUT2D eigenvalue weighted by Gasteiger charge is -2.20. The van der Waals surface area contributed by atoms with Gasteiger partial charge in [0, 0.05) is 0 Å². The van der Waals surface area contributed by atoms with Gasteiger partial charge >= 0.3 is 0 Å². The van der Waals surface area contributed by atoms with Crippen molar-refractivity contribution in [1.29, 1.82) is 0 Å². The van der Waals surface area contributed by atoms with Crippen LogP contribution in [-0.4, -0.2) is 10.7 Å². The van der Waals surface area contributed by atoms with E-state index in [1.165, 1.54) is 19.3 Å². The lowest BCUT2D eigenvalue weighted by Crippen LogP contribution is -2.23. The molecule has 2 saturated carbocycles. The Hall–Kier alpha value is -0.0400. The monoisotopic (exact) mass is 140 g/mol. The summed E-state index contributed by atoms with van der Waals surface area (Å²) in [5.41, 5.74) is -0.198. The Morgan fingerprint density at radius 1 is 1.30 bits per heavy atom. The van der Waals surface area contributed by atoms with E-state index in [4.69, 9.17) is 0 Å². The highest BCUT2D eigenvalue weighted by molar-refractivity contribution is 5.02. The zero-order chi connectivity index (χ0) is 7.19. The Balaban J connectivity index is 2.03. The molecule has 0 radical (unpaired) electrons. The summed E-state index contributed by atoms with van der Waals surface area (Å²) in [5.74, 6) is 1.43. The molecule has 0 aliphatic heterocycles. The molecule has 0 saturated heterocycles. The molecule has 2 aliphatic carbocycles. The van der Waals surface area contributed by atoms with E-state index < -0.39 is 0 Å². The zero-order valence-corrected chi connectivity index (χ0v) is 6.64. The highest BCUT2D eigenvalue weighted by Gasteiger charge is 2.50. The molecular formula is C9H16O. The average Bonchev–Trinajstić information content (AvgIpc) is 2.44. The Morgan fingerprint density at radius 2 is 2.00 bits per heavy atom. The van der Waals surface area contributed by atoms with Crippen LogP contribution in [0.15, 0.2) is 0 Å². The van der Waals surface area contributed by atoms with E-state index in [9.17, 15) is 5.11 Å². The van der Waals surface area contributed by atoms with Gasteiger partial charge in [-0.15, -0.1) is 0 Å². The molecule has 0 aromatic heterocycles. The number of hydrogen-bond acceptors (Lipinski definition) is 1. The molecule has 0 spiro atoms. The lowest BCUT2D eigenvalue weighted by atomic mass is 9.90. The van der Waals surface area contributed by atoms with Crippen molar-refractivity contribution in [3.63, 3.8) is 0 Å². The zero-order valence-electron chi connectivity index (χ0n) is 6.64. The molecule has 1 N–H and O–H groups in total. The summed E-state index contributed by atoms with van der Waals surface area (Å²) in [7, 11) is 0. The minimum absolute atomic E-state index is 0.198. The van der Waals surface area contributed by atoms with Crippen LogP contribution in [0.2, 0.25) is 0 Å². The molecule has 58 valence electrons. The average molecular weight is 140 g/mol. The Labute approximate surface area is 62.4 Å². The van der Waals surface area contributed by atoms with Gasteiger partial charge in [0.25, 0.3) is 0 Å². The van der Waals surface area contributed by atoms with Crippen LogP contribution in [0.3, 0.4) is 0 Å². The van der Waals surface area contributed by atoms with Crippen LogP contribution in [-0.2, 0) is 0 Å². The first-order valence-corrected chi connectivity index (χ1v) is 4.45. The fourth-order valence-electron chi connectivity index (χ4n) is 2.44. The molecule has 0 amide bonds. The van der Waals surface area contributed by atoms with Crippen LogP contribution in [0.1, 0.15) is 39.0 Å². The van der Waals surface area contributed by atoms with Gasteiger partial charge in [-0.3, -0.25) is 0 Å². The van der Waals surface area contributed by atoms with Gasteiger partial charge in [0.05, 0.1) is 5.60 Å². The summed E-state index contributed by atoms with van der Waals surface area (Å²) < 4.78 is 0. The Kier molecular flexibility index (Phi) is 1.31. The number of aliphatic hydroxyl groups is 1. The summed E-state index contributed by atoms with van der Waals surface area (Å²) in [5, 5.41) is 9.80. The normalized spacial score (nSPS) is 43.8. The lowest BCUT2D eigenvalue weighted by molar-refractivity contribution is 0.0651. The fourth-order valence-corrected chi connectivity index (χ4v) is 2.44. The molecule has 2 unspecified atom stereocenters. The molecule has 1 nitrogen and oxygen atoms in total. The van der Waals surface area contributed by atoms with Crippen LogP contribution in [0.25, 0.3) is 0 Å². The third-order valence-corrected chi connectivity index (χ3v) is 3.31. The molecule has 10 heavy (non-hydrogen) atoms. The topological polar surface area (TPSA) is 20.2 Å². The maximum Gasteiger partial charge on any atom is 0.0680 e. The molecule has 0 heterocycles. The molecule has 1 heteroatoms. The minimum atomic E-state index is -0.198. The molecule has 2 fully saturated rings. The number of rotatable bonds is 1. The smallest absolute Gasteiger partial charge is 0.0680 e. The summed E-state index contributed by atoms with van der Waals surface area (Å²) in [4.78, 5) is 0. The van der Waals surface area contributed by atoms with Crippen molar-refractivity contribution in [2.75, 3.05) is 0 Å². The van der Waals surface area contributed by atoms with Gasteiger partial charge in [-0.2, -0.15) is 0 Å². The van der Waals surface area contributed by atoms with Crippen molar-refractivity contribution in [2.24, 2.45) is 11.8 Å². The third-order valence-electron chi connectivity index (χ3n) is 3.31. The second-order valence-corrected chi connectivity index (χ2v) is 4.12. The first-order valence-electron chi connectivity index (χ1n) is 4.45. The second-order valence-electron chi connectivity index (χ2n) is 4.12. The molecule has 2 rings (SSSR count). The van der Waals surface area contributed by atoms with E-state index >= 15 is 0 Å². The van der Waals surface area contributed by atoms with Crippen molar-refractivity contribution in [2.45, 2.75) is 44.6 Å². The highest BCUT2D eigenvalue weighted by Crippen LogP contribution is 2.51. The molecule has 0 bridgehead atoms. The molecule has 2 aliphatic rings. The summed E-state index contributed by atoms with van der Waals surface area (Å²) in [6, 6.07) is 0. The van der Waals surface area contributed by atoms with E-state index in [1.807, 2.05) is 0 Å². The maximum absolute atomic E-state index is 9.80. The molecule has 0 aromatic rings. The van der Waals surface area contributed by atoms with Gasteiger partial charge in [0.2, 0.25) is 0 Å². The first-order chi connectivity index (χ1) is 4.72. The van der Waals surface area contributed by atoms with E-state index in [0.717, 1.165) is 18.8 Å². The van der Waals surface area contributed by atoms with E-state index in [0.29, 0.717) is 5.92 Å². The van der Waals surface area contributed by atoms with E-state index in [2.05, 4.69) is 6.92 Å². The van der Waals surface area contributed by atoms with Crippen molar-refractivity contribution < 1.29 is 5.11 Å². The van der Waals surface area contributed by atoms with Crippen molar-refractivity contribution in [3.8, 4) is 0 Å². The minimum Gasteiger partial charge on any atom is -0.390 e. The van der Waals surface area contributed by atoms with Crippen molar-refractivity contribution in [1.82, 2.24) is 0 Å². The van der Waals surface area contributed by atoms with Crippen LogP contribution in [0.5, 0.6) is 0 Å². The molecular weight excluding hydrogens is 124 g/mol. The number of hydrogen-bond donors (Lipinski definition) is 1. The van der Waals surface area contributed by atoms with Crippen LogP contribution < -0.4 is 0 Å². The first kappa shape index (κ1) is 6.66. The summed E-state index contributed by atoms with van der Waals surface area (Å²) >= 11 is 0. The summed E-state index contributed by atoms with van der Waals surface area (Å²) in [6.07, 6.45) is 6.10. The fraction of sp³-hybridized carbons (Fsp3) is 1.00. The van der Waals surface area contributed by atoms with E-state index in [1.54, 1.807) is 0 Å². The quantitative estimate of drug-likeness (QED) is 0.590. The van der Waals surface area contributed by atoms with Gasteiger partial charge in [-0.25, -0.2) is 0 Å². The van der Waals surface area contributed by atoms with Crippen LogP contribution >= 0.6 is 0 Å². The molecule has 0 aromatic carbocycles. The van der Waals surface area contributed by atoms with E-state index in [-0.39, 0.29) is 5.60 Å².